The normalized spacial score (nSPS) is 17.4. The van der Waals surface area contributed by atoms with Gasteiger partial charge in [-0.2, -0.15) is 0 Å². The monoisotopic (exact) mass is 589 g/mol. The summed E-state index contributed by atoms with van der Waals surface area (Å²) >= 11 is 0. The first-order valence-electron chi connectivity index (χ1n) is 14.1. The third-order valence-electron chi connectivity index (χ3n) is 7.30. The number of alkyl halides is 3. The van der Waals surface area contributed by atoms with E-state index in [1.807, 2.05) is 58.9 Å². The zero-order valence-electron chi connectivity index (χ0n) is 24.7. The van der Waals surface area contributed by atoms with Crippen LogP contribution in [0.2, 0.25) is 0 Å². The average molecular weight is 590 g/mol. The Balaban J connectivity index is 1.52. The van der Waals surface area contributed by atoms with Gasteiger partial charge in [-0.15, -0.1) is 13.2 Å². The Hall–Kier alpha value is -3.76. The molecule has 42 heavy (non-hydrogen) atoms. The molecule has 0 unspecified atom stereocenters. The Morgan fingerprint density at radius 3 is 2.19 bits per heavy atom. The van der Waals surface area contributed by atoms with E-state index in [9.17, 15) is 27.6 Å². The van der Waals surface area contributed by atoms with Gasteiger partial charge in [-0.3, -0.25) is 14.5 Å². The summed E-state index contributed by atoms with van der Waals surface area (Å²) in [5.74, 6) is -0.835. The molecule has 2 aromatic rings. The van der Waals surface area contributed by atoms with Gasteiger partial charge < -0.3 is 19.3 Å². The molecule has 2 saturated heterocycles. The van der Waals surface area contributed by atoms with E-state index in [1.54, 1.807) is 4.90 Å². The van der Waals surface area contributed by atoms with E-state index in [0.717, 1.165) is 11.3 Å². The molecule has 2 aliphatic heterocycles. The van der Waals surface area contributed by atoms with Crippen molar-refractivity contribution in [2.24, 2.45) is 5.92 Å². The van der Waals surface area contributed by atoms with Crippen LogP contribution in [0.15, 0.2) is 48.5 Å². The van der Waals surface area contributed by atoms with E-state index < -0.39 is 23.5 Å². The molecule has 0 atom stereocenters. The van der Waals surface area contributed by atoms with Crippen molar-refractivity contribution in [2.45, 2.75) is 77.9 Å². The van der Waals surface area contributed by atoms with Crippen molar-refractivity contribution < 1.29 is 37.0 Å². The number of nitrogens with zero attached hydrogens (tertiary/aromatic N) is 3. The number of hydrogen-bond donors (Lipinski definition) is 0. The Labute approximate surface area is 244 Å². The number of imide groups is 1. The van der Waals surface area contributed by atoms with Gasteiger partial charge in [-0.05, 0) is 74.9 Å². The standard InChI is InChI=1S/C31H38F3N3O5/c1-21(2)19-36-27(39)30(37(28(36)40)20-22-9-11-25(12-10-22)41-31(32,33)34)13-15-35(16-14-30)24-8-6-7-23(17-24)18-26(38)42-29(3,4)5/h6-12,17,21H,13-16,18-20H2,1-5H3. The molecule has 0 bridgehead atoms. The molecule has 4 rings (SSSR count). The first-order chi connectivity index (χ1) is 19.6. The lowest BCUT2D eigenvalue weighted by Crippen LogP contribution is -2.56. The molecule has 0 saturated carbocycles. The summed E-state index contributed by atoms with van der Waals surface area (Å²) in [4.78, 5) is 44.8. The molecular weight excluding hydrogens is 551 g/mol. The van der Waals surface area contributed by atoms with E-state index in [0.29, 0.717) is 31.5 Å². The fourth-order valence-electron chi connectivity index (χ4n) is 5.53. The molecule has 0 radical (unpaired) electrons. The number of ether oxygens (including phenoxy) is 2. The topological polar surface area (TPSA) is 79.4 Å². The van der Waals surface area contributed by atoms with Crippen LogP contribution in [0.25, 0.3) is 0 Å². The molecule has 0 aliphatic carbocycles. The predicted molar refractivity (Wildman–Crippen MR) is 151 cm³/mol. The maximum absolute atomic E-state index is 13.8. The lowest BCUT2D eigenvalue weighted by atomic mass is 9.85. The largest absolute Gasteiger partial charge is 0.573 e. The zero-order chi connectivity index (χ0) is 30.9. The Morgan fingerprint density at radius 1 is 0.976 bits per heavy atom. The first kappa shape index (κ1) is 31.2. The molecule has 11 heteroatoms. The number of amides is 3. The summed E-state index contributed by atoms with van der Waals surface area (Å²) in [6, 6.07) is 12.6. The Kier molecular flexibility index (Phi) is 8.80. The minimum Gasteiger partial charge on any atom is -0.460 e. The smallest absolute Gasteiger partial charge is 0.460 e. The van der Waals surface area contributed by atoms with Crippen LogP contribution in [0.4, 0.5) is 23.7 Å². The van der Waals surface area contributed by atoms with E-state index in [-0.39, 0.29) is 43.1 Å². The van der Waals surface area contributed by atoms with Crippen molar-refractivity contribution in [1.82, 2.24) is 9.80 Å². The number of benzene rings is 2. The van der Waals surface area contributed by atoms with Gasteiger partial charge >= 0.3 is 18.4 Å². The predicted octanol–water partition coefficient (Wildman–Crippen LogP) is 5.93. The van der Waals surface area contributed by atoms with Gasteiger partial charge in [0.1, 0.15) is 16.9 Å². The maximum Gasteiger partial charge on any atom is 0.573 e. The number of piperidine rings is 1. The van der Waals surface area contributed by atoms with Crippen LogP contribution in [0.1, 0.15) is 58.6 Å². The van der Waals surface area contributed by atoms with Gasteiger partial charge in [0.25, 0.3) is 5.91 Å². The van der Waals surface area contributed by atoms with Gasteiger partial charge in [-0.25, -0.2) is 4.79 Å². The van der Waals surface area contributed by atoms with Crippen LogP contribution in [-0.4, -0.2) is 64.8 Å². The van der Waals surface area contributed by atoms with E-state index in [2.05, 4.69) is 9.64 Å². The molecule has 2 heterocycles. The molecular formula is C31H38F3N3O5. The quantitative estimate of drug-likeness (QED) is 0.281. The fourth-order valence-corrected chi connectivity index (χ4v) is 5.53. The van der Waals surface area contributed by atoms with Crippen LogP contribution in [0.5, 0.6) is 5.75 Å². The highest BCUT2D eigenvalue weighted by molar-refractivity contribution is 6.07. The van der Waals surface area contributed by atoms with E-state index in [4.69, 9.17) is 4.74 Å². The SMILES string of the molecule is CC(C)CN1C(=O)N(Cc2ccc(OC(F)(F)F)cc2)C2(CCN(c3cccc(CC(=O)OC(C)(C)C)c3)CC2)C1=O. The van der Waals surface area contributed by atoms with Crippen molar-refractivity contribution >= 4 is 23.6 Å². The minimum atomic E-state index is -4.80. The van der Waals surface area contributed by atoms with Crippen molar-refractivity contribution in [3.05, 3.63) is 59.7 Å². The third kappa shape index (κ3) is 7.35. The molecule has 2 aliphatic rings. The minimum absolute atomic E-state index is 0.0708. The molecule has 8 nitrogen and oxygen atoms in total. The summed E-state index contributed by atoms with van der Waals surface area (Å²) < 4.78 is 47.2. The summed E-state index contributed by atoms with van der Waals surface area (Å²) in [6.07, 6.45) is -3.89. The second-order valence-corrected chi connectivity index (χ2v) is 12.3. The van der Waals surface area contributed by atoms with Gasteiger partial charge in [0.05, 0.1) is 6.42 Å². The number of hydrogen-bond acceptors (Lipinski definition) is 6. The molecule has 0 aromatic heterocycles. The number of rotatable bonds is 8. The Bertz CT molecular complexity index is 1300. The molecule has 2 fully saturated rings. The lowest BCUT2D eigenvalue weighted by molar-refractivity contribution is -0.274. The second-order valence-electron chi connectivity index (χ2n) is 12.3. The molecule has 2 aromatic carbocycles. The number of halogens is 3. The highest BCUT2D eigenvalue weighted by Gasteiger charge is 2.57. The zero-order valence-corrected chi connectivity index (χ0v) is 24.7. The van der Waals surface area contributed by atoms with Crippen LogP contribution in [0.3, 0.4) is 0 Å². The summed E-state index contributed by atoms with van der Waals surface area (Å²) in [6.45, 7) is 10.7. The summed E-state index contributed by atoms with van der Waals surface area (Å²) in [5, 5.41) is 0. The average Bonchev–Trinajstić information content (AvgIpc) is 3.05. The Morgan fingerprint density at radius 2 is 1.62 bits per heavy atom. The highest BCUT2D eigenvalue weighted by atomic mass is 19.4. The van der Waals surface area contributed by atoms with Crippen molar-refractivity contribution in [2.75, 3.05) is 24.5 Å². The van der Waals surface area contributed by atoms with E-state index >= 15 is 0 Å². The van der Waals surface area contributed by atoms with Gasteiger partial charge in [-0.1, -0.05) is 38.1 Å². The van der Waals surface area contributed by atoms with Crippen LogP contribution in [0, 0.1) is 5.92 Å². The lowest BCUT2D eigenvalue weighted by Gasteiger charge is -2.43. The fraction of sp³-hybridized carbons (Fsp3) is 0.516. The van der Waals surface area contributed by atoms with E-state index in [1.165, 1.54) is 29.2 Å². The molecule has 1 spiro atoms. The number of esters is 1. The highest BCUT2D eigenvalue weighted by Crippen LogP contribution is 2.40. The van der Waals surface area contributed by atoms with Gasteiger partial charge in [0.2, 0.25) is 0 Å². The molecule has 228 valence electrons. The number of carbonyl (C=O) groups is 3. The van der Waals surface area contributed by atoms with Crippen molar-refractivity contribution in [3.63, 3.8) is 0 Å². The van der Waals surface area contributed by atoms with Crippen molar-refractivity contribution in [3.8, 4) is 5.75 Å². The second kappa shape index (κ2) is 11.9. The molecule has 3 amide bonds. The van der Waals surface area contributed by atoms with Crippen LogP contribution >= 0.6 is 0 Å². The van der Waals surface area contributed by atoms with Crippen LogP contribution in [-0.2, 0) is 27.3 Å². The number of urea groups is 1. The summed E-state index contributed by atoms with van der Waals surface area (Å²) in [7, 11) is 0. The molecule has 0 N–H and O–H groups in total. The van der Waals surface area contributed by atoms with Gasteiger partial charge in [0, 0.05) is 31.9 Å². The third-order valence-corrected chi connectivity index (χ3v) is 7.30. The van der Waals surface area contributed by atoms with Gasteiger partial charge in [0.15, 0.2) is 0 Å². The number of anilines is 1. The summed E-state index contributed by atoms with van der Waals surface area (Å²) in [5.41, 5.74) is 0.687. The maximum atomic E-state index is 13.8. The number of carbonyl (C=O) groups excluding carboxylic acids is 3. The van der Waals surface area contributed by atoms with Crippen molar-refractivity contribution in [1.29, 1.82) is 0 Å². The van der Waals surface area contributed by atoms with Crippen LogP contribution < -0.4 is 9.64 Å². The first-order valence-corrected chi connectivity index (χ1v) is 14.1.